The van der Waals surface area contributed by atoms with Crippen LogP contribution < -0.4 is 4.90 Å². The summed E-state index contributed by atoms with van der Waals surface area (Å²) < 4.78 is 16.2. The summed E-state index contributed by atoms with van der Waals surface area (Å²) in [6.45, 7) is 4.41. The van der Waals surface area contributed by atoms with Crippen molar-refractivity contribution in [1.82, 2.24) is 29.9 Å². The quantitative estimate of drug-likeness (QED) is 0.581. The molecule has 1 fully saturated rings. The number of rotatable bonds is 6. The van der Waals surface area contributed by atoms with Crippen LogP contribution in [0.1, 0.15) is 51.8 Å². The van der Waals surface area contributed by atoms with E-state index in [9.17, 15) is 9.50 Å². The summed E-state index contributed by atoms with van der Waals surface area (Å²) in [5.74, 6) is 1.20. The van der Waals surface area contributed by atoms with Gasteiger partial charge in [0.25, 0.3) is 0 Å². The second-order valence-corrected chi connectivity index (χ2v) is 9.36. The SMILES string of the molecule is CCC[C@]1(C)CC[C@H](F)[C@H](N(C)c2cnc(-c3ccc(-c4nc(C#N)n(C)n4)cc3O)nn2)C1. The Balaban J connectivity index is 1.53. The minimum Gasteiger partial charge on any atom is -0.507 e. The third-order valence-electron chi connectivity index (χ3n) is 6.76. The number of phenolic OH excluding ortho intramolecular Hbond substituents is 1. The van der Waals surface area contributed by atoms with E-state index in [0.29, 0.717) is 29.2 Å². The van der Waals surface area contributed by atoms with Gasteiger partial charge in [-0.3, -0.25) is 0 Å². The number of phenols is 1. The lowest BCUT2D eigenvalue weighted by molar-refractivity contribution is 0.102. The summed E-state index contributed by atoms with van der Waals surface area (Å²) in [5.41, 5.74) is 1.09. The minimum atomic E-state index is -0.922. The molecule has 0 radical (unpaired) electrons. The molecule has 1 aliphatic rings. The number of aryl methyl sites for hydroxylation is 1. The van der Waals surface area contributed by atoms with Gasteiger partial charge in [0.1, 0.15) is 18.0 Å². The van der Waals surface area contributed by atoms with Crippen LogP contribution in [-0.2, 0) is 7.05 Å². The summed E-state index contributed by atoms with van der Waals surface area (Å²) in [7, 11) is 3.46. The first-order valence-electron chi connectivity index (χ1n) is 11.5. The van der Waals surface area contributed by atoms with Crippen molar-refractivity contribution in [3.05, 3.63) is 30.2 Å². The van der Waals surface area contributed by atoms with Crippen LogP contribution in [-0.4, -0.2) is 54.3 Å². The predicted octanol–water partition coefficient (Wildman–Crippen LogP) is 4.04. The summed E-state index contributed by atoms with van der Waals surface area (Å²) in [5, 5.41) is 32.3. The number of aromatic hydroxyl groups is 1. The van der Waals surface area contributed by atoms with Crippen molar-refractivity contribution in [2.45, 2.75) is 58.2 Å². The molecule has 34 heavy (non-hydrogen) atoms. The Kier molecular flexibility index (Phi) is 6.46. The molecule has 0 spiro atoms. The van der Waals surface area contributed by atoms with E-state index in [1.54, 1.807) is 25.4 Å². The summed E-state index contributed by atoms with van der Waals surface area (Å²) in [6.07, 6.45) is 5.01. The summed E-state index contributed by atoms with van der Waals surface area (Å²) >= 11 is 0. The van der Waals surface area contributed by atoms with Crippen LogP contribution in [0.3, 0.4) is 0 Å². The molecule has 3 atom stereocenters. The van der Waals surface area contributed by atoms with E-state index in [0.717, 1.165) is 25.7 Å². The van der Waals surface area contributed by atoms with Gasteiger partial charge in [0.15, 0.2) is 17.5 Å². The van der Waals surface area contributed by atoms with Crippen LogP contribution in [0.2, 0.25) is 0 Å². The smallest absolute Gasteiger partial charge is 0.231 e. The van der Waals surface area contributed by atoms with E-state index >= 15 is 0 Å². The second-order valence-electron chi connectivity index (χ2n) is 9.36. The molecule has 0 aliphatic heterocycles. The highest BCUT2D eigenvalue weighted by Gasteiger charge is 2.39. The van der Waals surface area contributed by atoms with Crippen molar-refractivity contribution >= 4 is 5.82 Å². The maximum absolute atomic E-state index is 14.8. The molecule has 0 unspecified atom stereocenters. The van der Waals surface area contributed by atoms with Crippen molar-refractivity contribution in [2.75, 3.05) is 11.9 Å². The highest BCUT2D eigenvalue weighted by atomic mass is 19.1. The van der Waals surface area contributed by atoms with Crippen molar-refractivity contribution in [2.24, 2.45) is 12.5 Å². The van der Waals surface area contributed by atoms with E-state index in [1.807, 2.05) is 18.0 Å². The Bertz CT molecular complexity index is 1200. The van der Waals surface area contributed by atoms with Gasteiger partial charge in [0.05, 0.1) is 17.8 Å². The van der Waals surface area contributed by atoms with E-state index in [1.165, 1.54) is 10.7 Å². The highest BCUT2D eigenvalue weighted by molar-refractivity contribution is 5.70. The van der Waals surface area contributed by atoms with Crippen molar-refractivity contribution < 1.29 is 9.50 Å². The fourth-order valence-electron chi connectivity index (χ4n) is 4.81. The Morgan fingerprint density at radius 3 is 2.74 bits per heavy atom. The monoisotopic (exact) mass is 464 g/mol. The molecule has 9 nitrogen and oxygen atoms in total. The zero-order valence-corrected chi connectivity index (χ0v) is 19.9. The molecule has 10 heteroatoms. The lowest BCUT2D eigenvalue weighted by atomic mass is 9.70. The van der Waals surface area contributed by atoms with Gasteiger partial charge in [-0.1, -0.05) is 26.3 Å². The first kappa shape index (κ1) is 23.5. The molecular formula is C24H29FN8O. The number of halogens is 1. The van der Waals surface area contributed by atoms with Crippen LogP contribution in [0.15, 0.2) is 24.4 Å². The topological polar surface area (TPSA) is 117 Å². The molecule has 1 aliphatic carbocycles. The zero-order valence-electron chi connectivity index (χ0n) is 19.9. The highest BCUT2D eigenvalue weighted by Crippen LogP contribution is 2.43. The number of aromatic nitrogens is 6. The van der Waals surface area contributed by atoms with Gasteiger partial charge < -0.3 is 10.0 Å². The number of nitriles is 1. The van der Waals surface area contributed by atoms with E-state index in [2.05, 4.69) is 39.1 Å². The van der Waals surface area contributed by atoms with Gasteiger partial charge in [-0.2, -0.15) is 15.3 Å². The number of anilines is 1. The fraction of sp³-hybridized carbons (Fsp3) is 0.500. The molecule has 0 saturated heterocycles. The first-order valence-corrected chi connectivity index (χ1v) is 11.5. The largest absolute Gasteiger partial charge is 0.507 e. The normalized spacial score (nSPS) is 22.4. The lowest BCUT2D eigenvalue weighted by Gasteiger charge is -2.43. The van der Waals surface area contributed by atoms with E-state index in [-0.39, 0.29) is 28.9 Å². The van der Waals surface area contributed by atoms with Gasteiger partial charge in [0.2, 0.25) is 5.82 Å². The molecule has 0 amide bonds. The fourth-order valence-corrected chi connectivity index (χ4v) is 4.81. The van der Waals surface area contributed by atoms with Crippen molar-refractivity contribution in [1.29, 1.82) is 5.26 Å². The van der Waals surface area contributed by atoms with Crippen molar-refractivity contribution in [3.63, 3.8) is 0 Å². The Morgan fingerprint density at radius 2 is 2.12 bits per heavy atom. The van der Waals surface area contributed by atoms with E-state index in [4.69, 9.17) is 5.26 Å². The Morgan fingerprint density at radius 1 is 1.32 bits per heavy atom. The summed E-state index contributed by atoms with van der Waals surface area (Å²) in [6, 6.07) is 6.56. The standard InChI is InChI=1S/C24H29FN8O/c1-5-9-24(2)10-8-17(25)18(12-24)32(3)21-14-27-23(30-29-21)16-7-6-15(11-19(16)34)22-28-20(13-26)33(4)31-22/h6-7,11,14,17-18,34H,5,8-10,12H2,1-4H3/t17-,18+,24+/m0/s1. The number of hydrogen-bond donors (Lipinski definition) is 1. The van der Waals surface area contributed by atoms with Gasteiger partial charge >= 0.3 is 0 Å². The summed E-state index contributed by atoms with van der Waals surface area (Å²) in [4.78, 5) is 10.4. The van der Waals surface area contributed by atoms with Gasteiger partial charge in [-0.25, -0.2) is 14.1 Å². The Hall–Kier alpha value is -3.61. The molecule has 0 bridgehead atoms. The molecule has 1 saturated carbocycles. The van der Waals surface area contributed by atoms with Crippen LogP contribution in [0.5, 0.6) is 5.75 Å². The maximum atomic E-state index is 14.8. The third-order valence-corrected chi connectivity index (χ3v) is 6.76. The Labute approximate surface area is 198 Å². The number of alkyl halides is 1. The molecule has 178 valence electrons. The average molecular weight is 465 g/mol. The lowest BCUT2D eigenvalue weighted by Crippen LogP contribution is -2.47. The molecule has 2 aromatic heterocycles. The van der Waals surface area contributed by atoms with Crippen molar-refractivity contribution in [3.8, 4) is 34.6 Å². The maximum Gasteiger partial charge on any atom is 0.231 e. The van der Waals surface area contributed by atoms with Gasteiger partial charge in [-0.05, 0) is 43.2 Å². The average Bonchev–Trinajstić information content (AvgIpc) is 3.21. The van der Waals surface area contributed by atoms with Crippen LogP contribution in [0, 0.1) is 16.7 Å². The third kappa shape index (κ3) is 4.55. The molecule has 1 aromatic carbocycles. The second kappa shape index (κ2) is 9.33. The number of hydrogen-bond acceptors (Lipinski definition) is 8. The predicted molar refractivity (Wildman–Crippen MR) is 126 cm³/mol. The number of nitrogens with zero attached hydrogens (tertiary/aromatic N) is 8. The molecule has 1 N–H and O–H groups in total. The first-order chi connectivity index (χ1) is 16.2. The minimum absolute atomic E-state index is 0.0576. The van der Waals surface area contributed by atoms with Gasteiger partial charge in [0, 0.05) is 19.7 Å². The molecular weight excluding hydrogens is 435 g/mol. The number of benzene rings is 1. The van der Waals surface area contributed by atoms with Crippen LogP contribution in [0.25, 0.3) is 22.8 Å². The molecule has 2 heterocycles. The molecule has 4 rings (SSSR count). The van der Waals surface area contributed by atoms with Gasteiger partial charge in [-0.15, -0.1) is 10.2 Å². The zero-order chi connectivity index (χ0) is 24.5. The van der Waals surface area contributed by atoms with E-state index < -0.39 is 6.17 Å². The van der Waals surface area contributed by atoms with Crippen LogP contribution in [0.4, 0.5) is 10.2 Å². The van der Waals surface area contributed by atoms with Crippen LogP contribution >= 0.6 is 0 Å². The molecule has 3 aromatic rings.